The number of hydrogen-bond acceptors (Lipinski definition) is 2. The first-order valence-corrected chi connectivity index (χ1v) is 9.62. The lowest BCUT2D eigenvalue weighted by Crippen LogP contribution is -2.45. The second-order valence-corrected chi connectivity index (χ2v) is 8.56. The third-order valence-corrected chi connectivity index (χ3v) is 7.54. The van der Waals surface area contributed by atoms with Crippen molar-refractivity contribution in [2.75, 3.05) is 6.61 Å². The quantitative estimate of drug-likeness (QED) is 0.877. The van der Waals surface area contributed by atoms with Gasteiger partial charge >= 0.3 is 0 Å². The van der Waals surface area contributed by atoms with Crippen LogP contribution in [0.3, 0.4) is 0 Å². The van der Waals surface area contributed by atoms with Gasteiger partial charge in [0.1, 0.15) is 5.82 Å². The summed E-state index contributed by atoms with van der Waals surface area (Å²) in [4.78, 5) is 0. The topological polar surface area (TPSA) is 40.5 Å². The Balaban J connectivity index is 1.68. The maximum Gasteiger partial charge on any atom is 0.126 e. The predicted octanol–water partition coefficient (Wildman–Crippen LogP) is 4.04. The van der Waals surface area contributed by atoms with Crippen LogP contribution in [-0.4, -0.2) is 22.9 Å². The Labute approximate surface area is 144 Å². The van der Waals surface area contributed by atoms with Gasteiger partial charge in [0, 0.05) is 6.61 Å². The minimum absolute atomic E-state index is 0.00607. The van der Waals surface area contributed by atoms with Crippen LogP contribution in [0.1, 0.15) is 62.5 Å². The fraction of sp³-hybridized carbons (Fsp3) is 0.714. The first-order valence-electron chi connectivity index (χ1n) is 9.62. The molecular formula is C21H29FO2. The molecule has 2 fully saturated rings. The normalized spacial score (nSPS) is 40.8. The molecule has 24 heavy (non-hydrogen) atoms. The molecular weight excluding hydrogens is 303 g/mol. The van der Waals surface area contributed by atoms with Crippen LogP contribution in [0, 0.1) is 29.0 Å². The lowest BCUT2D eigenvalue weighted by atomic mass is 9.53. The van der Waals surface area contributed by atoms with Crippen molar-refractivity contribution >= 4 is 0 Å². The number of benzene rings is 1. The van der Waals surface area contributed by atoms with Crippen molar-refractivity contribution in [2.45, 2.75) is 63.9 Å². The zero-order chi connectivity index (χ0) is 16.9. The molecule has 3 aliphatic carbocycles. The summed E-state index contributed by atoms with van der Waals surface area (Å²) in [7, 11) is 0. The lowest BCUT2D eigenvalue weighted by molar-refractivity contribution is -0.0309. The van der Waals surface area contributed by atoms with E-state index in [1.165, 1.54) is 5.56 Å². The first-order chi connectivity index (χ1) is 11.6. The fourth-order valence-corrected chi connectivity index (χ4v) is 6.48. The summed E-state index contributed by atoms with van der Waals surface area (Å²) in [5.74, 6) is 1.97. The molecule has 0 amide bonds. The number of rotatable bonds is 3. The standard InChI is InChI=1S/C21H29FO2/c1-21-10-9-15-14-5-2-6-18(22)16(14)7-8-17(15)20(21)13(4-3-11-23)12-19(21)24/h2,5-6,13,15,17,19-20,23-24H,3-4,7-12H2,1H3/t13-,15-,17?,19?,20+,21-/m1/s1. The number of aliphatic hydroxyl groups excluding tert-OH is 2. The van der Waals surface area contributed by atoms with Gasteiger partial charge in [0.2, 0.25) is 0 Å². The Hall–Kier alpha value is -0.930. The Kier molecular flexibility index (Phi) is 4.20. The van der Waals surface area contributed by atoms with Crippen LogP contribution in [0.25, 0.3) is 0 Å². The molecule has 1 aromatic rings. The van der Waals surface area contributed by atoms with Crippen LogP contribution in [0.15, 0.2) is 18.2 Å². The molecule has 6 atom stereocenters. The SMILES string of the molecule is C[C@]12CC[C@@H]3c4cccc(F)c4CCC3[C@@H]1[C@H](CCCO)CC2O. The molecule has 2 saturated carbocycles. The number of halogens is 1. The van der Waals surface area contributed by atoms with Crippen molar-refractivity contribution in [3.63, 3.8) is 0 Å². The molecule has 0 aliphatic heterocycles. The Bertz CT molecular complexity index is 616. The van der Waals surface area contributed by atoms with Crippen molar-refractivity contribution in [3.05, 3.63) is 35.1 Å². The van der Waals surface area contributed by atoms with E-state index in [9.17, 15) is 14.6 Å². The Morgan fingerprint density at radius 3 is 2.92 bits per heavy atom. The second kappa shape index (κ2) is 6.10. The van der Waals surface area contributed by atoms with Crippen molar-refractivity contribution < 1.29 is 14.6 Å². The third kappa shape index (κ3) is 2.35. The highest BCUT2D eigenvalue weighted by molar-refractivity contribution is 5.36. The van der Waals surface area contributed by atoms with Crippen molar-refractivity contribution in [1.29, 1.82) is 0 Å². The van der Waals surface area contributed by atoms with Gasteiger partial charge < -0.3 is 10.2 Å². The summed E-state index contributed by atoms with van der Waals surface area (Å²) < 4.78 is 14.2. The largest absolute Gasteiger partial charge is 0.396 e. The molecule has 1 aromatic carbocycles. The third-order valence-electron chi connectivity index (χ3n) is 7.54. The molecule has 0 bridgehead atoms. The van der Waals surface area contributed by atoms with Crippen molar-refractivity contribution in [2.24, 2.45) is 23.2 Å². The highest BCUT2D eigenvalue weighted by atomic mass is 19.1. The summed E-state index contributed by atoms with van der Waals surface area (Å²) >= 11 is 0. The molecule has 0 radical (unpaired) electrons. The van der Waals surface area contributed by atoms with Crippen LogP contribution in [0.5, 0.6) is 0 Å². The molecule has 0 aromatic heterocycles. The number of hydrogen-bond donors (Lipinski definition) is 2. The van der Waals surface area contributed by atoms with Crippen LogP contribution < -0.4 is 0 Å². The van der Waals surface area contributed by atoms with Crippen LogP contribution in [-0.2, 0) is 6.42 Å². The highest BCUT2D eigenvalue weighted by Crippen LogP contribution is 2.63. The van der Waals surface area contributed by atoms with Gasteiger partial charge in [-0.15, -0.1) is 0 Å². The fourth-order valence-electron chi connectivity index (χ4n) is 6.48. The first kappa shape index (κ1) is 16.5. The molecule has 0 spiro atoms. The maximum atomic E-state index is 14.2. The summed E-state index contributed by atoms with van der Waals surface area (Å²) in [5, 5.41) is 20.0. The van der Waals surface area contributed by atoms with Gasteiger partial charge in [0.25, 0.3) is 0 Å². The summed E-state index contributed by atoms with van der Waals surface area (Å²) in [6, 6.07) is 5.58. The smallest absolute Gasteiger partial charge is 0.126 e. The van der Waals surface area contributed by atoms with Crippen molar-refractivity contribution in [3.8, 4) is 0 Å². The van der Waals surface area contributed by atoms with E-state index in [1.54, 1.807) is 6.07 Å². The van der Waals surface area contributed by atoms with Crippen LogP contribution in [0.2, 0.25) is 0 Å². The molecule has 3 aliphatic rings. The second-order valence-electron chi connectivity index (χ2n) is 8.56. The summed E-state index contributed by atoms with van der Waals surface area (Å²) in [6.07, 6.45) is 6.46. The van der Waals surface area contributed by atoms with Gasteiger partial charge in [0.05, 0.1) is 6.10 Å². The number of aliphatic hydroxyl groups is 2. The molecule has 4 rings (SSSR count). The zero-order valence-corrected chi connectivity index (χ0v) is 14.5. The molecule has 2 N–H and O–H groups in total. The number of fused-ring (bicyclic) bond motifs is 5. The average molecular weight is 332 g/mol. The average Bonchev–Trinajstić information content (AvgIpc) is 2.84. The summed E-state index contributed by atoms with van der Waals surface area (Å²) in [5.41, 5.74) is 2.18. The maximum absolute atomic E-state index is 14.2. The van der Waals surface area contributed by atoms with E-state index < -0.39 is 0 Å². The Morgan fingerprint density at radius 2 is 2.12 bits per heavy atom. The van der Waals surface area contributed by atoms with Crippen molar-refractivity contribution in [1.82, 2.24) is 0 Å². The molecule has 2 unspecified atom stereocenters. The molecule has 2 nitrogen and oxygen atoms in total. The zero-order valence-electron chi connectivity index (χ0n) is 14.5. The predicted molar refractivity (Wildman–Crippen MR) is 92.2 cm³/mol. The van der Waals surface area contributed by atoms with E-state index >= 15 is 0 Å². The van der Waals surface area contributed by atoms with Gasteiger partial charge in [-0.3, -0.25) is 0 Å². The van der Waals surface area contributed by atoms with Gasteiger partial charge in [-0.1, -0.05) is 19.1 Å². The van der Waals surface area contributed by atoms with E-state index in [-0.39, 0.29) is 23.9 Å². The molecule has 0 saturated heterocycles. The van der Waals surface area contributed by atoms with E-state index in [0.717, 1.165) is 50.5 Å². The van der Waals surface area contributed by atoms with Gasteiger partial charge in [-0.2, -0.15) is 0 Å². The van der Waals surface area contributed by atoms with Crippen LogP contribution in [0.4, 0.5) is 4.39 Å². The van der Waals surface area contributed by atoms with Crippen LogP contribution >= 0.6 is 0 Å². The highest BCUT2D eigenvalue weighted by Gasteiger charge is 2.58. The summed E-state index contributed by atoms with van der Waals surface area (Å²) in [6.45, 7) is 2.51. The van der Waals surface area contributed by atoms with E-state index in [0.29, 0.717) is 23.7 Å². The van der Waals surface area contributed by atoms with Gasteiger partial charge in [-0.05, 0) is 91.2 Å². The lowest BCUT2D eigenvalue weighted by Gasteiger charge is -2.51. The molecule has 3 heteroatoms. The van der Waals surface area contributed by atoms with E-state index in [1.807, 2.05) is 6.07 Å². The molecule has 132 valence electrons. The van der Waals surface area contributed by atoms with E-state index in [4.69, 9.17) is 0 Å². The monoisotopic (exact) mass is 332 g/mol. The Morgan fingerprint density at radius 1 is 1.29 bits per heavy atom. The van der Waals surface area contributed by atoms with Gasteiger partial charge in [-0.25, -0.2) is 4.39 Å². The minimum Gasteiger partial charge on any atom is -0.396 e. The minimum atomic E-state index is -0.221. The molecule has 0 heterocycles. The van der Waals surface area contributed by atoms with Gasteiger partial charge in [0.15, 0.2) is 0 Å². The van der Waals surface area contributed by atoms with E-state index in [2.05, 4.69) is 13.0 Å².